The zero-order chi connectivity index (χ0) is 22.2. The van der Waals surface area contributed by atoms with Crippen LogP contribution in [-0.4, -0.2) is 58.8 Å². The van der Waals surface area contributed by atoms with Crippen molar-refractivity contribution in [3.05, 3.63) is 71.6 Å². The van der Waals surface area contributed by atoms with E-state index in [-0.39, 0.29) is 1.43 Å². The van der Waals surface area contributed by atoms with Crippen LogP contribution in [0.5, 0.6) is 0 Å². The van der Waals surface area contributed by atoms with Gasteiger partial charge in [-0.05, 0) is 66.0 Å². The number of carbonyl (C=O) groups is 1. The minimum atomic E-state index is 0. The summed E-state index contributed by atoms with van der Waals surface area (Å²) in [5.74, 6) is 0. The number of hydrogen-bond acceptors (Lipinski definition) is 7. The molecule has 0 radical (unpaired) electrons. The number of nitrogens with two attached hydrogens (primary N) is 1. The van der Waals surface area contributed by atoms with Gasteiger partial charge >= 0.3 is 0 Å². The molecule has 32 heavy (non-hydrogen) atoms. The lowest BCUT2D eigenvalue weighted by atomic mass is 10.2. The van der Waals surface area contributed by atoms with Crippen LogP contribution in [-0.2, 0) is 4.74 Å². The summed E-state index contributed by atoms with van der Waals surface area (Å²) >= 11 is 1.82. The lowest BCUT2D eigenvalue weighted by Crippen LogP contribution is -2.46. The van der Waals surface area contributed by atoms with E-state index >= 15 is 0 Å². The molecule has 2 aromatic carbocycles. The Bertz CT molecular complexity index is 953. The van der Waals surface area contributed by atoms with E-state index in [9.17, 15) is 4.79 Å². The van der Waals surface area contributed by atoms with Crippen LogP contribution in [0.1, 0.15) is 11.8 Å². The van der Waals surface area contributed by atoms with Crippen molar-refractivity contribution in [3.63, 3.8) is 0 Å². The van der Waals surface area contributed by atoms with Crippen LogP contribution >= 0.6 is 11.3 Å². The maximum absolute atomic E-state index is 10.5. The molecule has 2 N–H and O–H groups in total. The fourth-order valence-corrected chi connectivity index (χ4v) is 4.69. The van der Waals surface area contributed by atoms with E-state index in [1.54, 1.807) is 0 Å². The molecule has 0 spiro atoms. The smallest absolute Gasteiger partial charge is 0.150 e. The Morgan fingerprint density at radius 2 is 1.34 bits per heavy atom. The Hall–Kier alpha value is -3.03. The van der Waals surface area contributed by atoms with Crippen molar-refractivity contribution >= 4 is 39.7 Å². The van der Waals surface area contributed by atoms with Crippen LogP contribution in [0, 0.1) is 0 Å². The van der Waals surface area contributed by atoms with E-state index < -0.39 is 0 Å². The number of hydrogen-bond donors (Lipinski definition) is 1. The average Bonchev–Trinajstić information content (AvgIpc) is 3.41. The van der Waals surface area contributed by atoms with Crippen molar-refractivity contribution in [1.29, 1.82) is 0 Å². The van der Waals surface area contributed by atoms with Crippen molar-refractivity contribution in [2.45, 2.75) is 0 Å². The molecular formula is C25H32N4O2S. The number of morpholine rings is 1. The van der Waals surface area contributed by atoms with E-state index in [1.165, 1.54) is 16.4 Å². The van der Waals surface area contributed by atoms with Crippen LogP contribution in [0.15, 0.2) is 66.0 Å². The second-order valence-corrected chi connectivity index (χ2v) is 8.75. The number of rotatable bonds is 4. The molecule has 7 heteroatoms. The standard InChI is InChI=1S/C14H17N3S.C11H13NO2.H2/c15-12-3-5-13(6-4-12)16-7-9-17(10-8-16)14-2-1-11-18-14;13-9-10-1-3-11(4-2-10)12-5-7-14-8-6-12;/h1-6,11H,7-10,15H2;1-4,9H,5-8H2;1H. The van der Waals surface area contributed by atoms with Gasteiger partial charge in [0.25, 0.3) is 0 Å². The SMILES string of the molecule is Nc1ccc(N2CCN(c3cccs3)CC2)cc1.O=Cc1ccc(N2CCOCC2)cc1.[HH]. The van der Waals surface area contributed by atoms with Gasteiger partial charge in [0, 0.05) is 63.3 Å². The summed E-state index contributed by atoms with van der Waals surface area (Å²) in [4.78, 5) is 17.6. The predicted molar refractivity (Wildman–Crippen MR) is 137 cm³/mol. The molecule has 2 saturated heterocycles. The number of anilines is 4. The molecule has 3 heterocycles. The monoisotopic (exact) mass is 452 g/mol. The molecule has 2 aliphatic heterocycles. The van der Waals surface area contributed by atoms with Gasteiger partial charge in [-0.3, -0.25) is 4.79 Å². The summed E-state index contributed by atoms with van der Waals surface area (Å²) in [5.41, 5.74) is 9.71. The molecule has 0 amide bonds. The molecule has 3 aromatic rings. The van der Waals surface area contributed by atoms with Gasteiger partial charge in [0.1, 0.15) is 6.29 Å². The first-order valence-electron chi connectivity index (χ1n) is 11.0. The Balaban J connectivity index is 0.000000186. The number of carbonyl (C=O) groups excluding carboxylic acids is 1. The van der Waals surface area contributed by atoms with Gasteiger partial charge in [0.2, 0.25) is 0 Å². The van der Waals surface area contributed by atoms with Crippen molar-refractivity contribution in [2.75, 3.05) is 72.9 Å². The van der Waals surface area contributed by atoms with Gasteiger partial charge < -0.3 is 25.2 Å². The number of piperazine rings is 1. The third-order valence-corrected chi connectivity index (χ3v) is 6.69. The summed E-state index contributed by atoms with van der Waals surface area (Å²) in [5, 5.41) is 3.52. The van der Waals surface area contributed by atoms with E-state index in [0.29, 0.717) is 0 Å². The highest BCUT2D eigenvalue weighted by Crippen LogP contribution is 2.24. The van der Waals surface area contributed by atoms with Crippen LogP contribution in [0.3, 0.4) is 0 Å². The lowest BCUT2D eigenvalue weighted by Gasteiger charge is -2.36. The summed E-state index contributed by atoms with van der Waals surface area (Å²) in [6.07, 6.45) is 0.864. The summed E-state index contributed by atoms with van der Waals surface area (Å²) in [6.45, 7) is 7.76. The fourth-order valence-electron chi connectivity index (χ4n) is 3.91. The second-order valence-electron chi connectivity index (χ2n) is 7.83. The highest BCUT2D eigenvalue weighted by molar-refractivity contribution is 7.14. The van der Waals surface area contributed by atoms with Crippen LogP contribution in [0.2, 0.25) is 0 Å². The maximum Gasteiger partial charge on any atom is 0.150 e. The minimum absolute atomic E-state index is 0. The van der Waals surface area contributed by atoms with Gasteiger partial charge in [-0.1, -0.05) is 0 Å². The first kappa shape index (κ1) is 22.2. The first-order chi connectivity index (χ1) is 15.7. The molecule has 5 rings (SSSR count). The van der Waals surface area contributed by atoms with Crippen molar-refractivity contribution in [3.8, 4) is 0 Å². The number of ether oxygens (including phenoxy) is 1. The minimum Gasteiger partial charge on any atom is -0.399 e. The van der Waals surface area contributed by atoms with Gasteiger partial charge in [-0.2, -0.15) is 0 Å². The molecule has 0 bridgehead atoms. The zero-order valence-electron chi connectivity index (χ0n) is 18.2. The predicted octanol–water partition coefficient (Wildman–Crippen LogP) is 4.24. The highest BCUT2D eigenvalue weighted by atomic mass is 32.1. The van der Waals surface area contributed by atoms with Crippen LogP contribution in [0.25, 0.3) is 0 Å². The van der Waals surface area contributed by atoms with E-state index in [2.05, 4.69) is 44.3 Å². The number of nitrogen functional groups attached to an aromatic ring is 1. The molecule has 0 unspecified atom stereocenters. The Morgan fingerprint density at radius 3 is 1.91 bits per heavy atom. The van der Waals surface area contributed by atoms with Crippen molar-refractivity contribution in [2.24, 2.45) is 0 Å². The molecule has 1 aromatic heterocycles. The Labute approximate surface area is 195 Å². The third kappa shape index (κ3) is 5.81. The van der Waals surface area contributed by atoms with E-state index in [1.807, 2.05) is 47.7 Å². The lowest BCUT2D eigenvalue weighted by molar-refractivity contribution is 0.112. The van der Waals surface area contributed by atoms with Crippen molar-refractivity contribution < 1.29 is 11.0 Å². The van der Waals surface area contributed by atoms with E-state index in [4.69, 9.17) is 10.5 Å². The second kappa shape index (κ2) is 11.0. The Kier molecular flexibility index (Phi) is 7.64. The van der Waals surface area contributed by atoms with Crippen molar-refractivity contribution in [1.82, 2.24) is 0 Å². The van der Waals surface area contributed by atoms with Crippen LogP contribution in [0.4, 0.5) is 22.1 Å². The topological polar surface area (TPSA) is 62.0 Å². The first-order valence-corrected chi connectivity index (χ1v) is 11.9. The quantitative estimate of drug-likeness (QED) is 0.472. The molecule has 6 nitrogen and oxygen atoms in total. The molecule has 0 saturated carbocycles. The van der Waals surface area contributed by atoms with Gasteiger partial charge in [-0.25, -0.2) is 0 Å². The number of nitrogens with zero attached hydrogens (tertiary/aromatic N) is 3. The summed E-state index contributed by atoms with van der Waals surface area (Å²) < 4.78 is 5.27. The summed E-state index contributed by atoms with van der Waals surface area (Å²) in [6, 6.07) is 20.1. The number of aldehydes is 1. The molecule has 170 valence electrons. The molecule has 0 aliphatic carbocycles. The molecule has 0 atom stereocenters. The summed E-state index contributed by atoms with van der Waals surface area (Å²) in [7, 11) is 0. The zero-order valence-corrected chi connectivity index (χ0v) is 19.0. The fraction of sp³-hybridized carbons (Fsp3) is 0.320. The highest BCUT2D eigenvalue weighted by Gasteiger charge is 2.17. The maximum atomic E-state index is 10.5. The molecule has 2 fully saturated rings. The molecular weight excluding hydrogens is 420 g/mol. The van der Waals surface area contributed by atoms with Gasteiger partial charge in [0.05, 0.1) is 18.2 Å². The molecule has 2 aliphatic rings. The Morgan fingerprint density at radius 1 is 0.781 bits per heavy atom. The van der Waals surface area contributed by atoms with Gasteiger partial charge in [-0.15, -0.1) is 11.3 Å². The number of benzene rings is 2. The average molecular weight is 453 g/mol. The van der Waals surface area contributed by atoms with E-state index in [0.717, 1.165) is 70.0 Å². The van der Waals surface area contributed by atoms with Crippen LogP contribution < -0.4 is 20.4 Å². The number of thiophene rings is 1. The largest absolute Gasteiger partial charge is 0.399 e. The normalized spacial score (nSPS) is 16.3. The third-order valence-electron chi connectivity index (χ3n) is 5.76. The van der Waals surface area contributed by atoms with Gasteiger partial charge in [0.15, 0.2) is 0 Å².